The topological polar surface area (TPSA) is 72.5 Å². The molecule has 0 aliphatic heterocycles. The molecule has 4 heteroatoms. The van der Waals surface area contributed by atoms with E-state index in [1.54, 1.807) is 0 Å². The van der Waals surface area contributed by atoms with Crippen molar-refractivity contribution in [3.8, 4) is 0 Å². The van der Waals surface area contributed by atoms with Crippen molar-refractivity contribution in [3.63, 3.8) is 0 Å². The fraction of sp³-hybridized carbons (Fsp3) is 0.909. The van der Waals surface area contributed by atoms with Gasteiger partial charge in [-0.25, -0.2) is 0 Å². The summed E-state index contributed by atoms with van der Waals surface area (Å²) in [5.41, 5.74) is 4.68. The SMILES string of the molecule is CC(C)CCOCC(N)(C(=O)O)C1CC1. The van der Waals surface area contributed by atoms with Crippen molar-refractivity contribution in [2.24, 2.45) is 17.6 Å². The zero-order valence-electron chi connectivity index (χ0n) is 9.53. The lowest BCUT2D eigenvalue weighted by Crippen LogP contribution is -2.54. The lowest BCUT2D eigenvalue weighted by Gasteiger charge is -2.24. The van der Waals surface area contributed by atoms with E-state index >= 15 is 0 Å². The summed E-state index contributed by atoms with van der Waals surface area (Å²) in [5.74, 6) is -0.258. The maximum Gasteiger partial charge on any atom is 0.326 e. The molecule has 15 heavy (non-hydrogen) atoms. The number of carbonyl (C=O) groups is 1. The first-order valence-corrected chi connectivity index (χ1v) is 5.57. The third-order valence-electron chi connectivity index (χ3n) is 2.88. The fourth-order valence-corrected chi connectivity index (χ4v) is 1.51. The molecule has 1 unspecified atom stereocenters. The molecule has 0 heterocycles. The number of carboxylic acid groups (broad SMARTS) is 1. The van der Waals surface area contributed by atoms with Crippen LogP contribution in [-0.2, 0) is 9.53 Å². The van der Waals surface area contributed by atoms with Crippen LogP contribution >= 0.6 is 0 Å². The third kappa shape index (κ3) is 3.47. The van der Waals surface area contributed by atoms with E-state index in [2.05, 4.69) is 13.8 Å². The first-order valence-electron chi connectivity index (χ1n) is 5.57. The molecule has 1 saturated carbocycles. The molecule has 1 aliphatic carbocycles. The van der Waals surface area contributed by atoms with Crippen molar-refractivity contribution < 1.29 is 14.6 Å². The average molecular weight is 215 g/mol. The second-order valence-corrected chi connectivity index (χ2v) is 4.85. The molecule has 0 spiro atoms. The highest BCUT2D eigenvalue weighted by Gasteiger charge is 2.48. The Kier molecular flexibility index (Phi) is 4.11. The predicted molar refractivity (Wildman–Crippen MR) is 57.6 cm³/mol. The van der Waals surface area contributed by atoms with Gasteiger partial charge in [-0.1, -0.05) is 13.8 Å². The molecule has 0 aromatic heterocycles. The van der Waals surface area contributed by atoms with Crippen molar-refractivity contribution >= 4 is 5.97 Å². The molecule has 1 rings (SSSR count). The minimum atomic E-state index is -1.16. The number of nitrogens with two attached hydrogens (primary N) is 1. The van der Waals surface area contributed by atoms with Gasteiger partial charge in [0.1, 0.15) is 5.54 Å². The van der Waals surface area contributed by atoms with E-state index in [9.17, 15) is 4.79 Å². The smallest absolute Gasteiger partial charge is 0.326 e. The number of aliphatic carboxylic acids is 1. The zero-order valence-corrected chi connectivity index (χ0v) is 9.53. The van der Waals surface area contributed by atoms with Crippen LogP contribution in [-0.4, -0.2) is 29.8 Å². The van der Waals surface area contributed by atoms with Crippen LogP contribution in [0.5, 0.6) is 0 Å². The summed E-state index contributed by atoms with van der Waals surface area (Å²) in [6.07, 6.45) is 2.77. The van der Waals surface area contributed by atoms with Crippen LogP contribution in [0, 0.1) is 11.8 Å². The average Bonchev–Trinajstić information content (AvgIpc) is 2.94. The van der Waals surface area contributed by atoms with Gasteiger partial charge in [0.25, 0.3) is 0 Å². The number of carboxylic acids is 1. The number of rotatable bonds is 7. The third-order valence-corrected chi connectivity index (χ3v) is 2.88. The molecule has 0 amide bonds. The molecule has 0 radical (unpaired) electrons. The van der Waals surface area contributed by atoms with Gasteiger partial charge in [-0.3, -0.25) is 4.79 Å². The molecule has 0 aromatic rings. The van der Waals surface area contributed by atoms with E-state index in [-0.39, 0.29) is 12.5 Å². The molecule has 1 aliphatic rings. The van der Waals surface area contributed by atoms with Gasteiger partial charge in [-0.2, -0.15) is 0 Å². The van der Waals surface area contributed by atoms with E-state index in [1.165, 1.54) is 0 Å². The van der Waals surface area contributed by atoms with Crippen molar-refractivity contribution in [2.75, 3.05) is 13.2 Å². The summed E-state index contributed by atoms with van der Waals surface area (Å²) in [5, 5.41) is 9.05. The zero-order chi connectivity index (χ0) is 11.5. The molecule has 0 aromatic carbocycles. The molecule has 1 atom stereocenters. The molecule has 0 saturated heterocycles. The van der Waals surface area contributed by atoms with E-state index in [4.69, 9.17) is 15.6 Å². The Bertz CT molecular complexity index is 226. The van der Waals surface area contributed by atoms with Gasteiger partial charge in [0, 0.05) is 6.61 Å². The molecule has 4 nitrogen and oxygen atoms in total. The highest BCUT2D eigenvalue weighted by atomic mass is 16.5. The summed E-state index contributed by atoms with van der Waals surface area (Å²) in [6, 6.07) is 0. The summed E-state index contributed by atoms with van der Waals surface area (Å²) in [4.78, 5) is 11.0. The van der Waals surface area contributed by atoms with Crippen molar-refractivity contribution in [2.45, 2.75) is 38.6 Å². The van der Waals surface area contributed by atoms with Gasteiger partial charge in [-0.05, 0) is 31.1 Å². The lowest BCUT2D eigenvalue weighted by atomic mass is 9.96. The highest BCUT2D eigenvalue weighted by Crippen LogP contribution is 2.38. The lowest BCUT2D eigenvalue weighted by molar-refractivity contribution is -0.147. The van der Waals surface area contributed by atoms with Crippen molar-refractivity contribution in [1.82, 2.24) is 0 Å². The van der Waals surface area contributed by atoms with E-state index in [1.807, 2.05) is 0 Å². The van der Waals surface area contributed by atoms with Gasteiger partial charge in [0.2, 0.25) is 0 Å². The van der Waals surface area contributed by atoms with E-state index in [0.717, 1.165) is 19.3 Å². The summed E-state index contributed by atoms with van der Waals surface area (Å²) < 4.78 is 5.37. The Morgan fingerprint density at radius 3 is 2.60 bits per heavy atom. The first-order chi connectivity index (χ1) is 6.97. The number of hydrogen-bond acceptors (Lipinski definition) is 3. The largest absolute Gasteiger partial charge is 0.480 e. The minimum Gasteiger partial charge on any atom is -0.480 e. The van der Waals surface area contributed by atoms with Crippen LogP contribution < -0.4 is 5.73 Å². The molecule has 3 N–H and O–H groups in total. The van der Waals surface area contributed by atoms with Crippen LogP contribution in [0.15, 0.2) is 0 Å². The van der Waals surface area contributed by atoms with E-state index in [0.29, 0.717) is 12.5 Å². The monoisotopic (exact) mass is 215 g/mol. The Morgan fingerprint density at radius 2 is 2.20 bits per heavy atom. The molecule has 0 bridgehead atoms. The first kappa shape index (κ1) is 12.5. The van der Waals surface area contributed by atoms with Gasteiger partial charge in [0.15, 0.2) is 0 Å². The van der Waals surface area contributed by atoms with Gasteiger partial charge in [-0.15, -0.1) is 0 Å². The van der Waals surface area contributed by atoms with Gasteiger partial charge >= 0.3 is 5.97 Å². The Hall–Kier alpha value is -0.610. The van der Waals surface area contributed by atoms with Crippen molar-refractivity contribution in [1.29, 1.82) is 0 Å². The second-order valence-electron chi connectivity index (χ2n) is 4.85. The molecular formula is C11H21NO3. The summed E-state index contributed by atoms with van der Waals surface area (Å²) >= 11 is 0. The van der Waals surface area contributed by atoms with Gasteiger partial charge in [0.05, 0.1) is 6.61 Å². The van der Waals surface area contributed by atoms with Crippen LogP contribution in [0.4, 0.5) is 0 Å². The number of hydrogen-bond donors (Lipinski definition) is 2. The standard InChI is InChI=1S/C11H21NO3/c1-8(2)5-6-15-7-11(12,10(13)14)9-3-4-9/h8-9H,3-7,12H2,1-2H3,(H,13,14). The van der Waals surface area contributed by atoms with Crippen LogP contribution in [0.3, 0.4) is 0 Å². The second kappa shape index (κ2) is 4.94. The normalized spacial score (nSPS) is 20.3. The summed E-state index contributed by atoms with van der Waals surface area (Å²) in [6.45, 7) is 4.95. The van der Waals surface area contributed by atoms with Crippen LogP contribution in [0.25, 0.3) is 0 Å². The minimum absolute atomic E-state index is 0.106. The molecular weight excluding hydrogens is 194 g/mol. The maximum atomic E-state index is 11.0. The Balaban J connectivity index is 2.30. The Morgan fingerprint density at radius 1 is 1.60 bits per heavy atom. The van der Waals surface area contributed by atoms with Crippen LogP contribution in [0.1, 0.15) is 33.1 Å². The fourth-order valence-electron chi connectivity index (χ4n) is 1.51. The van der Waals surface area contributed by atoms with E-state index < -0.39 is 11.5 Å². The van der Waals surface area contributed by atoms with Crippen molar-refractivity contribution in [3.05, 3.63) is 0 Å². The molecule has 88 valence electrons. The highest BCUT2D eigenvalue weighted by molar-refractivity contribution is 5.79. The van der Waals surface area contributed by atoms with Crippen LogP contribution in [0.2, 0.25) is 0 Å². The number of ether oxygens (including phenoxy) is 1. The molecule has 1 fully saturated rings. The quantitative estimate of drug-likeness (QED) is 0.627. The maximum absolute atomic E-state index is 11.0. The Labute approximate surface area is 90.8 Å². The summed E-state index contributed by atoms with van der Waals surface area (Å²) in [7, 11) is 0. The predicted octanol–water partition coefficient (Wildman–Crippen LogP) is 1.24. The van der Waals surface area contributed by atoms with Gasteiger partial charge < -0.3 is 15.6 Å².